The molecule has 1 rings (SSSR count). The van der Waals surface area contributed by atoms with Gasteiger partial charge in [0.25, 0.3) is 0 Å². The van der Waals surface area contributed by atoms with Crippen LogP contribution < -0.4 is 0 Å². The molecule has 0 radical (unpaired) electrons. The molecule has 0 unspecified atom stereocenters. The fourth-order valence-electron chi connectivity index (χ4n) is 0.839. The lowest BCUT2D eigenvalue weighted by atomic mass is 10.2. The normalized spacial score (nSPS) is 12.5. The van der Waals surface area contributed by atoms with Gasteiger partial charge in [-0.05, 0) is 11.4 Å². The second-order valence-corrected chi connectivity index (χ2v) is 3.35. The van der Waals surface area contributed by atoms with Gasteiger partial charge in [0.05, 0.1) is 7.11 Å². The van der Waals surface area contributed by atoms with E-state index in [-0.39, 0.29) is 0 Å². The Kier molecular flexibility index (Phi) is 3.25. The maximum absolute atomic E-state index is 10.8. The summed E-state index contributed by atoms with van der Waals surface area (Å²) in [6.07, 6.45) is -0.696. The Labute approximate surface area is 74.6 Å². The van der Waals surface area contributed by atoms with Gasteiger partial charge in [-0.25, -0.2) is 4.79 Å². The first-order valence-corrected chi connectivity index (χ1v) is 4.40. The summed E-state index contributed by atoms with van der Waals surface area (Å²) in [5, 5.41) is 11.1. The number of rotatable bonds is 3. The van der Waals surface area contributed by atoms with E-state index < -0.39 is 12.1 Å². The van der Waals surface area contributed by atoms with E-state index in [9.17, 15) is 9.90 Å². The van der Waals surface area contributed by atoms with Gasteiger partial charge in [0, 0.05) is 11.3 Å². The molecule has 1 N–H and O–H groups in total. The number of hydrogen-bond donors (Lipinski definition) is 1. The molecule has 0 aliphatic heterocycles. The maximum Gasteiger partial charge on any atom is 0.335 e. The predicted molar refractivity (Wildman–Crippen MR) is 46.0 cm³/mol. The van der Waals surface area contributed by atoms with E-state index in [1.54, 1.807) is 0 Å². The third-order valence-electron chi connectivity index (χ3n) is 1.45. The van der Waals surface area contributed by atoms with Crippen molar-refractivity contribution in [2.24, 2.45) is 0 Å². The molecule has 3 nitrogen and oxygen atoms in total. The highest BCUT2D eigenvalue weighted by Gasteiger charge is 2.15. The van der Waals surface area contributed by atoms with Crippen LogP contribution in [0.5, 0.6) is 0 Å². The van der Waals surface area contributed by atoms with Crippen LogP contribution in [0.4, 0.5) is 0 Å². The van der Waals surface area contributed by atoms with Gasteiger partial charge in [-0.15, -0.1) is 11.3 Å². The monoisotopic (exact) mass is 186 g/mol. The van der Waals surface area contributed by atoms with E-state index in [0.717, 1.165) is 4.88 Å². The summed E-state index contributed by atoms with van der Waals surface area (Å²) in [5.41, 5.74) is 0. The Bertz CT molecular complexity index is 243. The van der Waals surface area contributed by atoms with Crippen LogP contribution in [0.1, 0.15) is 4.88 Å². The lowest BCUT2D eigenvalue weighted by Crippen LogP contribution is -2.23. The molecule has 0 fully saturated rings. The molecule has 0 saturated carbocycles. The van der Waals surface area contributed by atoms with Crippen molar-refractivity contribution < 1.29 is 14.6 Å². The predicted octanol–water partition coefficient (Wildman–Crippen LogP) is 0.825. The Hall–Kier alpha value is -0.870. The van der Waals surface area contributed by atoms with Crippen LogP contribution in [-0.4, -0.2) is 24.3 Å². The lowest BCUT2D eigenvalue weighted by Gasteiger charge is -2.05. The summed E-state index contributed by atoms with van der Waals surface area (Å²) in [5.74, 6) is -0.580. The van der Waals surface area contributed by atoms with Crippen LogP contribution in [0.25, 0.3) is 0 Å². The Morgan fingerprint density at radius 2 is 2.58 bits per heavy atom. The molecule has 0 spiro atoms. The van der Waals surface area contributed by atoms with Crippen LogP contribution >= 0.6 is 11.3 Å². The van der Waals surface area contributed by atoms with Crippen LogP contribution in [0, 0.1) is 0 Å². The topological polar surface area (TPSA) is 46.5 Å². The first-order chi connectivity index (χ1) is 5.74. The van der Waals surface area contributed by atoms with E-state index in [2.05, 4.69) is 4.74 Å². The maximum atomic E-state index is 10.8. The SMILES string of the molecule is COC(=O)[C@@H](O)Cc1cccs1. The summed E-state index contributed by atoms with van der Waals surface area (Å²) >= 11 is 1.51. The highest BCUT2D eigenvalue weighted by molar-refractivity contribution is 7.09. The first kappa shape index (κ1) is 9.22. The van der Waals surface area contributed by atoms with Crippen molar-refractivity contribution in [2.75, 3.05) is 7.11 Å². The number of esters is 1. The van der Waals surface area contributed by atoms with Crippen molar-refractivity contribution >= 4 is 17.3 Å². The number of carbonyl (C=O) groups excluding carboxylic acids is 1. The van der Waals surface area contributed by atoms with Crippen molar-refractivity contribution in [2.45, 2.75) is 12.5 Å². The average Bonchev–Trinajstić information content (AvgIpc) is 2.55. The fraction of sp³-hybridized carbons (Fsp3) is 0.375. The highest BCUT2D eigenvalue weighted by atomic mass is 32.1. The van der Waals surface area contributed by atoms with Crippen molar-refractivity contribution in [1.29, 1.82) is 0 Å². The molecule has 0 aliphatic rings. The minimum atomic E-state index is -1.03. The van der Waals surface area contributed by atoms with Gasteiger partial charge in [-0.2, -0.15) is 0 Å². The summed E-state index contributed by atoms with van der Waals surface area (Å²) in [7, 11) is 1.26. The van der Waals surface area contributed by atoms with Crippen molar-refractivity contribution in [3.63, 3.8) is 0 Å². The van der Waals surface area contributed by atoms with E-state index in [1.807, 2.05) is 17.5 Å². The molecular weight excluding hydrogens is 176 g/mol. The Morgan fingerprint density at radius 1 is 1.83 bits per heavy atom. The Morgan fingerprint density at radius 3 is 3.08 bits per heavy atom. The highest BCUT2D eigenvalue weighted by Crippen LogP contribution is 2.11. The minimum absolute atomic E-state index is 0.338. The van der Waals surface area contributed by atoms with Crippen LogP contribution in [0.3, 0.4) is 0 Å². The standard InChI is InChI=1S/C8H10O3S/c1-11-8(10)7(9)5-6-3-2-4-12-6/h2-4,7,9H,5H2,1H3/t7-/m0/s1. The quantitative estimate of drug-likeness (QED) is 0.711. The van der Waals surface area contributed by atoms with Gasteiger partial charge in [-0.3, -0.25) is 0 Å². The van der Waals surface area contributed by atoms with Crippen LogP contribution in [0.2, 0.25) is 0 Å². The molecule has 0 aliphatic carbocycles. The zero-order chi connectivity index (χ0) is 8.97. The third-order valence-corrected chi connectivity index (χ3v) is 2.35. The second-order valence-electron chi connectivity index (χ2n) is 2.32. The molecule has 0 aromatic carbocycles. The molecule has 1 atom stereocenters. The van der Waals surface area contributed by atoms with Gasteiger partial charge in [0.2, 0.25) is 0 Å². The number of aliphatic hydroxyl groups is 1. The summed E-state index contributed by atoms with van der Waals surface area (Å²) < 4.78 is 4.38. The zero-order valence-corrected chi connectivity index (χ0v) is 7.50. The first-order valence-electron chi connectivity index (χ1n) is 3.52. The van der Waals surface area contributed by atoms with Gasteiger partial charge < -0.3 is 9.84 Å². The number of ether oxygens (including phenoxy) is 1. The fourth-order valence-corrected chi connectivity index (χ4v) is 1.58. The molecule has 0 amide bonds. The van der Waals surface area contributed by atoms with E-state index >= 15 is 0 Å². The molecule has 66 valence electrons. The largest absolute Gasteiger partial charge is 0.467 e. The minimum Gasteiger partial charge on any atom is -0.467 e. The molecule has 4 heteroatoms. The number of aliphatic hydroxyl groups excluding tert-OH is 1. The molecule has 0 saturated heterocycles. The van der Waals surface area contributed by atoms with Gasteiger partial charge in [0.1, 0.15) is 0 Å². The number of methoxy groups -OCH3 is 1. The number of carbonyl (C=O) groups is 1. The van der Waals surface area contributed by atoms with E-state index in [4.69, 9.17) is 0 Å². The molecule has 12 heavy (non-hydrogen) atoms. The molecule has 1 aromatic heterocycles. The molecule has 1 aromatic rings. The molecular formula is C8H10O3S. The van der Waals surface area contributed by atoms with Crippen molar-refractivity contribution in [3.8, 4) is 0 Å². The summed E-state index contributed by atoms with van der Waals surface area (Å²) in [4.78, 5) is 11.7. The summed E-state index contributed by atoms with van der Waals surface area (Å²) in [6, 6.07) is 3.75. The lowest BCUT2D eigenvalue weighted by molar-refractivity contribution is -0.150. The van der Waals surface area contributed by atoms with Gasteiger partial charge in [-0.1, -0.05) is 6.07 Å². The average molecular weight is 186 g/mol. The second kappa shape index (κ2) is 4.23. The van der Waals surface area contributed by atoms with E-state index in [1.165, 1.54) is 18.4 Å². The Balaban J connectivity index is 2.47. The number of thiophene rings is 1. The van der Waals surface area contributed by atoms with Crippen molar-refractivity contribution in [3.05, 3.63) is 22.4 Å². The molecule has 1 heterocycles. The van der Waals surface area contributed by atoms with Gasteiger partial charge >= 0.3 is 5.97 Å². The third kappa shape index (κ3) is 2.32. The number of hydrogen-bond acceptors (Lipinski definition) is 4. The smallest absolute Gasteiger partial charge is 0.335 e. The summed E-state index contributed by atoms with van der Waals surface area (Å²) in [6.45, 7) is 0. The van der Waals surface area contributed by atoms with Gasteiger partial charge in [0.15, 0.2) is 6.10 Å². The van der Waals surface area contributed by atoms with E-state index in [0.29, 0.717) is 6.42 Å². The van der Waals surface area contributed by atoms with Crippen LogP contribution in [0.15, 0.2) is 17.5 Å². The van der Waals surface area contributed by atoms with Crippen molar-refractivity contribution in [1.82, 2.24) is 0 Å². The zero-order valence-electron chi connectivity index (χ0n) is 6.69. The van der Waals surface area contributed by atoms with Crippen LogP contribution in [-0.2, 0) is 16.0 Å². The molecule has 0 bridgehead atoms.